The lowest BCUT2D eigenvalue weighted by atomic mass is 9.71. The predicted molar refractivity (Wildman–Crippen MR) is 58.8 cm³/mol. The van der Waals surface area contributed by atoms with Crippen LogP contribution in [-0.4, -0.2) is 12.6 Å². The van der Waals surface area contributed by atoms with Crippen molar-refractivity contribution in [2.45, 2.75) is 53.0 Å². The molecule has 0 saturated heterocycles. The van der Waals surface area contributed by atoms with E-state index in [-0.39, 0.29) is 0 Å². The second kappa shape index (κ2) is 4.99. The minimum Gasteiger partial charge on any atom is -0.314 e. The minimum atomic E-state index is 0.640. The van der Waals surface area contributed by atoms with Gasteiger partial charge in [0.25, 0.3) is 0 Å². The summed E-state index contributed by atoms with van der Waals surface area (Å²) in [4.78, 5) is 0. The van der Waals surface area contributed by atoms with Crippen LogP contribution in [0.3, 0.4) is 0 Å². The number of rotatable bonds is 5. The molecule has 1 atom stereocenters. The van der Waals surface area contributed by atoms with Crippen molar-refractivity contribution in [2.24, 2.45) is 17.8 Å². The highest BCUT2D eigenvalue weighted by atomic mass is 14.9. The van der Waals surface area contributed by atoms with Gasteiger partial charge in [-0.05, 0) is 24.3 Å². The molecular weight excluding hydrogens is 158 g/mol. The molecule has 0 amide bonds. The monoisotopic (exact) mass is 183 g/mol. The summed E-state index contributed by atoms with van der Waals surface area (Å²) >= 11 is 0. The maximum Gasteiger partial charge on any atom is 0.00104 e. The van der Waals surface area contributed by atoms with Crippen molar-refractivity contribution in [3.8, 4) is 0 Å². The van der Waals surface area contributed by atoms with E-state index >= 15 is 0 Å². The summed E-state index contributed by atoms with van der Waals surface area (Å²) in [6.45, 7) is 10.4. The van der Waals surface area contributed by atoms with Gasteiger partial charge in [0.2, 0.25) is 0 Å². The van der Waals surface area contributed by atoms with Crippen molar-refractivity contribution < 1.29 is 0 Å². The Labute approximate surface area is 83.3 Å². The fourth-order valence-corrected chi connectivity index (χ4v) is 2.19. The molecule has 1 N–H and O–H groups in total. The Morgan fingerprint density at radius 2 is 1.77 bits per heavy atom. The highest BCUT2D eigenvalue weighted by Crippen LogP contribution is 2.36. The number of hydrogen-bond donors (Lipinski definition) is 1. The summed E-state index contributed by atoms with van der Waals surface area (Å²) in [6.07, 6.45) is 4.42. The van der Waals surface area contributed by atoms with Crippen LogP contribution in [0.5, 0.6) is 0 Å². The molecule has 0 aromatic heterocycles. The van der Waals surface area contributed by atoms with Gasteiger partial charge in [0.1, 0.15) is 0 Å². The fraction of sp³-hybridized carbons (Fsp3) is 1.00. The number of hydrogen-bond acceptors (Lipinski definition) is 1. The van der Waals surface area contributed by atoms with Crippen LogP contribution in [0.15, 0.2) is 0 Å². The molecule has 0 aromatic carbocycles. The summed E-state index contributed by atoms with van der Waals surface area (Å²) < 4.78 is 0. The van der Waals surface area contributed by atoms with Gasteiger partial charge in [0, 0.05) is 6.04 Å². The predicted octanol–water partition coefficient (Wildman–Crippen LogP) is 3.06. The van der Waals surface area contributed by atoms with Crippen LogP contribution < -0.4 is 5.32 Å². The minimum absolute atomic E-state index is 0.640. The van der Waals surface area contributed by atoms with E-state index in [0.29, 0.717) is 6.04 Å². The van der Waals surface area contributed by atoms with Gasteiger partial charge in [-0.3, -0.25) is 0 Å². The van der Waals surface area contributed by atoms with E-state index in [1.165, 1.54) is 25.8 Å². The number of nitrogens with one attached hydrogen (secondary N) is 1. The molecule has 78 valence electrons. The van der Waals surface area contributed by atoms with Gasteiger partial charge in [-0.25, -0.2) is 0 Å². The Morgan fingerprint density at radius 3 is 2.08 bits per heavy atom. The zero-order valence-corrected chi connectivity index (χ0v) is 9.64. The maximum atomic E-state index is 3.58. The highest BCUT2D eigenvalue weighted by molar-refractivity contribution is 4.81. The van der Waals surface area contributed by atoms with Crippen LogP contribution in [-0.2, 0) is 0 Å². The van der Waals surface area contributed by atoms with Gasteiger partial charge >= 0.3 is 0 Å². The van der Waals surface area contributed by atoms with Crippen molar-refractivity contribution in [3.05, 3.63) is 0 Å². The van der Waals surface area contributed by atoms with Gasteiger partial charge < -0.3 is 5.32 Å². The second-order valence-electron chi connectivity index (χ2n) is 5.16. The zero-order chi connectivity index (χ0) is 9.84. The molecule has 1 heteroatoms. The van der Waals surface area contributed by atoms with Crippen molar-refractivity contribution in [2.75, 3.05) is 6.54 Å². The molecule has 0 heterocycles. The first kappa shape index (κ1) is 11.0. The van der Waals surface area contributed by atoms with Crippen LogP contribution in [0.25, 0.3) is 0 Å². The quantitative estimate of drug-likeness (QED) is 0.691. The molecule has 0 radical (unpaired) electrons. The molecule has 0 aromatic rings. The molecule has 1 nitrogen and oxygen atoms in total. The van der Waals surface area contributed by atoms with Crippen LogP contribution >= 0.6 is 0 Å². The Kier molecular flexibility index (Phi) is 4.24. The molecule has 0 spiro atoms. The van der Waals surface area contributed by atoms with Gasteiger partial charge in [-0.15, -0.1) is 0 Å². The topological polar surface area (TPSA) is 12.0 Å². The van der Waals surface area contributed by atoms with E-state index in [1.54, 1.807) is 0 Å². The molecule has 1 unspecified atom stereocenters. The van der Waals surface area contributed by atoms with E-state index < -0.39 is 0 Å². The third kappa shape index (κ3) is 3.30. The third-order valence-corrected chi connectivity index (χ3v) is 3.37. The molecule has 13 heavy (non-hydrogen) atoms. The lowest BCUT2D eigenvalue weighted by Crippen LogP contribution is -2.37. The zero-order valence-electron chi connectivity index (χ0n) is 9.64. The Balaban J connectivity index is 2.29. The van der Waals surface area contributed by atoms with Crippen molar-refractivity contribution in [1.29, 1.82) is 0 Å². The molecule has 1 rings (SSSR count). The third-order valence-electron chi connectivity index (χ3n) is 3.37. The first-order chi connectivity index (χ1) is 6.11. The Bertz CT molecular complexity index is 136. The van der Waals surface area contributed by atoms with Crippen LogP contribution in [0.2, 0.25) is 0 Å². The van der Waals surface area contributed by atoms with Crippen LogP contribution in [0.1, 0.15) is 47.0 Å². The molecule has 1 aliphatic rings. The first-order valence-corrected chi connectivity index (χ1v) is 5.84. The Morgan fingerprint density at radius 1 is 1.15 bits per heavy atom. The Hall–Kier alpha value is -0.0400. The van der Waals surface area contributed by atoms with Crippen molar-refractivity contribution in [1.82, 2.24) is 5.32 Å². The molecule has 1 saturated carbocycles. The highest BCUT2D eigenvalue weighted by Gasteiger charge is 2.28. The molecule has 0 aliphatic heterocycles. The van der Waals surface area contributed by atoms with Gasteiger partial charge in [-0.2, -0.15) is 0 Å². The standard InChI is InChI=1S/C12H25N/c1-9(2)12(8-13-10(3)4)11-6-5-7-11/h9-13H,5-8H2,1-4H3. The second-order valence-corrected chi connectivity index (χ2v) is 5.16. The van der Waals surface area contributed by atoms with Gasteiger partial charge in [0.05, 0.1) is 0 Å². The van der Waals surface area contributed by atoms with E-state index in [9.17, 15) is 0 Å². The van der Waals surface area contributed by atoms with Crippen molar-refractivity contribution in [3.63, 3.8) is 0 Å². The summed E-state index contributed by atoms with van der Waals surface area (Å²) in [7, 11) is 0. The average Bonchev–Trinajstić information content (AvgIpc) is 1.92. The summed E-state index contributed by atoms with van der Waals surface area (Å²) in [6, 6.07) is 0.640. The van der Waals surface area contributed by atoms with Crippen LogP contribution in [0.4, 0.5) is 0 Å². The summed E-state index contributed by atoms with van der Waals surface area (Å²) in [5, 5.41) is 3.58. The smallest absolute Gasteiger partial charge is 0.00104 e. The molecule has 1 aliphatic carbocycles. The van der Waals surface area contributed by atoms with E-state index in [2.05, 4.69) is 33.0 Å². The van der Waals surface area contributed by atoms with E-state index in [0.717, 1.165) is 17.8 Å². The molecular formula is C12H25N. The maximum absolute atomic E-state index is 3.58. The van der Waals surface area contributed by atoms with E-state index in [1.807, 2.05) is 0 Å². The SMILES string of the molecule is CC(C)NCC(C(C)C)C1CCC1. The van der Waals surface area contributed by atoms with E-state index in [4.69, 9.17) is 0 Å². The molecule has 1 fully saturated rings. The fourth-order valence-electron chi connectivity index (χ4n) is 2.19. The lowest BCUT2D eigenvalue weighted by molar-refractivity contribution is 0.154. The molecule has 0 bridgehead atoms. The van der Waals surface area contributed by atoms with Gasteiger partial charge in [-0.1, -0.05) is 47.0 Å². The summed E-state index contributed by atoms with van der Waals surface area (Å²) in [5.74, 6) is 2.78. The van der Waals surface area contributed by atoms with Crippen molar-refractivity contribution >= 4 is 0 Å². The largest absolute Gasteiger partial charge is 0.314 e. The van der Waals surface area contributed by atoms with Gasteiger partial charge in [0.15, 0.2) is 0 Å². The summed E-state index contributed by atoms with van der Waals surface area (Å²) in [5.41, 5.74) is 0. The first-order valence-electron chi connectivity index (χ1n) is 5.84. The van der Waals surface area contributed by atoms with Crippen LogP contribution in [0, 0.1) is 17.8 Å². The normalized spacial score (nSPS) is 20.8. The average molecular weight is 183 g/mol. The lowest BCUT2D eigenvalue weighted by Gasteiger charge is -2.37.